The number of piperazine rings is 1. The first kappa shape index (κ1) is 13.2. The quantitative estimate of drug-likeness (QED) is 0.623. The second-order valence-corrected chi connectivity index (χ2v) is 5.29. The van der Waals surface area contributed by atoms with E-state index in [1.165, 1.54) is 5.56 Å². The highest BCUT2D eigenvalue weighted by atomic mass is 16.3. The summed E-state index contributed by atoms with van der Waals surface area (Å²) in [7, 11) is 2.17. The zero-order valence-corrected chi connectivity index (χ0v) is 11.3. The molecule has 4 heteroatoms. The van der Waals surface area contributed by atoms with Crippen LogP contribution in [-0.2, 0) is 6.42 Å². The van der Waals surface area contributed by atoms with Gasteiger partial charge in [-0.05, 0) is 38.1 Å². The normalized spacial score (nSPS) is 19.9. The van der Waals surface area contributed by atoms with E-state index >= 15 is 0 Å². The number of phenols is 1. The Morgan fingerprint density at radius 1 is 1.28 bits per heavy atom. The molecule has 1 aliphatic heterocycles. The smallest absolute Gasteiger partial charge is 0.138 e. The van der Waals surface area contributed by atoms with Crippen molar-refractivity contribution < 1.29 is 5.11 Å². The summed E-state index contributed by atoms with van der Waals surface area (Å²) in [4.78, 5) is 4.88. The molecule has 1 aliphatic rings. The first-order chi connectivity index (χ1) is 8.56. The topological polar surface area (TPSA) is 52.7 Å². The fraction of sp³-hybridized carbons (Fsp3) is 0.571. The van der Waals surface area contributed by atoms with E-state index in [2.05, 4.69) is 23.8 Å². The van der Waals surface area contributed by atoms with Crippen LogP contribution in [0, 0.1) is 0 Å². The Morgan fingerprint density at radius 3 is 2.56 bits per heavy atom. The highest BCUT2D eigenvalue weighted by molar-refractivity contribution is 5.53. The Bertz CT molecular complexity index is 400. The lowest BCUT2D eigenvalue weighted by molar-refractivity contribution is 0.118. The average Bonchev–Trinajstić information content (AvgIpc) is 2.34. The molecule has 1 unspecified atom stereocenters. The summed E-state index contributed by atoms with van der Waals surface area (Å²) in [6, 6.07) is 6.03. The van der Waals surface area contributed by atoms with Crippen molar-refractivity contribution >= 4 is 5.69 Å². The van der Waals surface area contributed by atoms with E-state index < -0.39 is 0 Å². The van der Waals surface area contributed by atoms with E-state index in [0.717, 1.165) is 32.6 Å². The van der Waals surface area contributed by atoms with Crippen LogP contribution >= 0.6 is 0 Å². The maximum absolute atomic E-state index is 9.41. The molecule has 2 rings (SSSR count). The molecule has 0 bridgehead atoms. The molecule has 18 heavy (non-hydrogen) atoms. The van der Waals surface area contributed by atoms with Crippen molar-refractivity contribution in [1.29, 1.82) is 0 Å². The van der Waals surface area contributed by atoms with Crippen molar-refractivity contribution in [1.82, 2.24) is 9.80 Å². The monoisotopic (exact) mass is 249 g/mol. The van der Waals surface area contributed by atoms with Gasteiger partial charge in [-0.15, -0.1) is 0 Å². The fourth-order valence-corrected chi connectivity index (χ4v) is 2.46. The van der Waals surface area contributed by atoms with Gasteiger partial charge in [0.25, 0.3) is 0 Å². The van der Waals surface area contributed by atoms with Gasteiger partial charge in [-0.3, -0.25) is 4.90 Å². The van der Waals surface area contributed by atoms with E-state index in [4.69, 9.17) is 5.73 Å². The number of hydrogen-bond acceptors (Lipinski definition) is 4. The third kappa shape index (κ3) is 3.15. The Balaban J connectivity index is 1.94. The predicted octanol–water partition coefficient (Wildman–Crippen LogP) is 1.15. The van der Waals surface area contributed by atoms with E-state index in [-0.39, 0.29) is 5.75 Å². The van der Waals surface area contributed by atoms with Crippen LogP contribution in [0.2, 0.25) is 0 Å². The summed E-state index contributed by atoms with van der Waals surface area (Å²) in [5.74, 6) is 0.172. The lowest BCUT2D eigenvalue weighted by Crippen LogP contribution is -2.48. The summed E-state index contributed by atoms with van der Waals surface area (Å²) in [5, 5.41) is 9.41. The Morgan fingerprint density at radius 2 is 1.94 bits per heavy atom. The third-order valence-electron chi connectivity index (χ3n) is 3.78. The molecule has 0 radical (unpaired) electrons. The molecule has 0 spiro atoms. The molecule has 1 atom stereocenters. The number of nitrogens with two attached hydrogens (primary N) is 1. The number of benzene rings is 1. The minimum atomic E-state index is 0.172. The van der Waals surface area contributed by atoms with E-state index in [0.29, 0.717) is 11.7 Å². The van der Waals surface area contributed by atoms with Crippen molar-refractivity contribution in [2.75, 3.05) is 39.0 Å². The minimum Gasteiger partial charge on any atom is -0.506 e. The number of nitrogen functional groups attached to an aromatic ring is 1. The fourth-order valence-electron chi connectivity index (χ4n) is 2.46. The second kappa shape index (κ2) is 5.59. The molecule has 4 nitrogen and oxygen atoms in total. The van der Waals surface area contributed by atoms with Crippen LogP contribution in [0.1, 0.15) is 12.5 Å². The van der Waals surface area contributed by atoms with Crippen molar-refractivity contribution in [3.63, 3.8) is 0 Å². The largest absolute Gasteiger partial charge is 0.506 e. The molecule has 1 aromatic carbocycles. The molecule has 1 aromatic rings. The van der Waals surface area contributed by atoms with Crippen LogP contribution in [0.5, 0.6) is 5.75 Å². The number of anilines is 1. The van der Waals surface area contributed by atoms with Crippen LogP contribution < -0.4 is 5.73 Å². The predicted molar refractivity (Wildman–Crippen MR) is 74.8 cm³/mol. The van der Waals surface area contributed by atoms with Gasteiger partial charge < -0.3 is 15.7 Å². The first-order valence-electron chi connectivity index (χ1n) is 6.56. The van der Waals surface area contributed by atoms with Crippen LogP contribution in [0.3, 0.4) is 0 Å². The number of rotatable bonds is 3. The number of aromatic hydroxyl groups is 1. The Hall–Kier alpha value is -1.26. The van der Waals surface area contributed by atoms with Gasteiger partial charge >= 0.3 is 0 Å². The van der Waals surface area contributed by atoms with E-state index in [9.17, 15) is 5.11 Å². The van der Waals surface area contributed by atoms with E-state index in [1.54, 1.807) is 6.07 Å². The van der Waals surface area contributed by atoms with Gasteiger partial charge in [0.1, 0.15) is 5.75 Å². The number of nitrogens with zero attached hydrogens (tertiary/aromatic N) is 2. The summed E-state index contributed by atoms with van der Waals surface area (Å²) in [5.41, 5.74) is 7.38. The summed E-state index contributed by atoms with van der Waals surface area (Å²) < 4.78 is 0. The summed E-state index contributed by atoms with van der Waals surface area (Å²) in [6.07, 6.45) is 0.980. The maximum Gasteiger partial charge on any atom is 0.138 e. The van der Waals surface area contributed by atoms with Crippen molar-refractivity contribution in [3.8, 4) is 5.75 Å². The molecular formula is C14H23N3O. The highest BCUT2D eigenvalue weighted by Crippen LogP contribution is 2.22. The first-order valence-corrected chi connectivity index (χ1v) is 6.56. The second-order valence-electron chi connectivity index (χ2n) is 5.29. The lowest BCUT2D eigenvalue weighted by Gasteiger charge is -2.36. The maximum atomic E-state index is 9.41. The Kier molecular flexibility index (Phi) is 4.09. The summed E-state index contributed by atoms with van der Waals surface area (Å²) >= 11 is 0. The van der Waals surface area contributed by atoms with Gasteiger partial charge in [0.2, 0.25) is 0 Å². The molecule has 0 aliphatic carbocycles. The average molecular weight is 249 g/mol. The molecular weight excluding hydrogens is 226 g/mol. The van der Waals surface area contributed by atoms with Crippen LogP contribution in [-0.4, -0.2) is 54.2 Å². The number of likely N-dealkylation sites (N-methyl/N-ethyl adjacent to an activating group) is 1. The van der Waals surface area contributed by atoms with Gasteiger partial charge in [-0.2, -0.15) is 0 Å². The summed E-state index contributed by atoms with van der Waals surface area (Å²) in [6.45, 7) is 6.80. The van der Waals surface area contributed by atoms with Crippen molar-refractivity contribution in [2.45, 2.75) is 19.4 Å². The molecule has 0 aromatic heterocycles. The molecule has 100 valence electrons. The van der Waals surface area contributed by atoms with E-state index in [1.807, 2.05) is 12.1 Å². The van der Waals surface area contributed by atoms with Gasteiger partial charge in [0.05, 0.1) is 5.69 Å². The number of hydrogen-bond donors (Lipinski definition) is 2. The van der Waals surface area contributed by atoms with Gasteiger partial charge in [-0.25, -0.2) is 0 Å². The van der Waals surface area contributed by atoms with Crippen molar-refractivity contribution in [2.24, 2.45) is 0 Å². The van der Waals surface area contributed by atoms with Gasteiger partial charge in [0, 0.05) is 32.2 Å². The standard InChI is InChI=1S/C14H23N3O/c1-11(17-7-5-16(2)6-8-17)9-12-3-4-14(18)13(15)10-12/h3-4,10-11,18H,5-9,15H2,1-2H3. The molecule has 1 saturated heterocycles. The van der Waals surface area contributed by atoms with Crippen molar-refractivity contribution in [3.05, 3.63) is 23.8 Å². The van der Waals surface area contributed by atoms with Gasteiger partial charge in [0.15, 0.2) is 0 Å². The third-order valence-corrected chi connectivity index (χ3v) is 3.78. The molecule has 1 fully saturated rings. The number of phenolic OH excluding ortho intramolecular Hbond substituents is 1. The van der Waals surface area contributed by atoms with Gasteiger partial charge in [-0.1, -0.05) is 6.07 Å². The molecule has 1 heterocycles. The zero-order chi connectivity index (χ0) is 13.1. The SMILES string of the molecule is CC(Cc1ccc(O)c(N)c1)N1CCN(C)CC1. The Labute approximate surface area is 109 Å². The zero-order valence-electron chi connectivity index (χ0n) is 11.3. The molecule has 0 saturated carbocycles. The molecule has 3 N–H and O–H groups in total. The van der Waals surface area contributed by atoms with Crippen LogP contribution in [0.25, 0.3) is 0 Å². The van der Waals surface area contributed by atoms with Crippen LogP contribution in [0.4, 0.5) is 5.69 Å². The van der Waals surface area contributed by atoms with Crippen LogP contribution in [0.15, 0.2) is 18.2 Å². The lowest BCUT2D eigenvalue weighted by atomic mass is 10.0. The highest BCUT2D eigenvalue weighted by Gasteiger charge is 2.19. The molecule has 0 amide bonds. The minimum absolute atomic E-state index is 0.172.